The van der Waals surface area contributed by atoms with Crippen LogP contribution >= 0.6 is 0 Å². The molecule has 1 aliphatic rings. The van der Waals surface area contributed by atoms with E-state index in [0.29, 0.717) is 23.7 Å². The van der Waals surface area contributed by atoms with Gasteiger partial charge in [-0.3, -0.25) is 14.3 Å². The number of carbonyl (C=O) groups excluding carboxylic acids is 1. The first kappa shape index (κ1) is 27.6. The number of likely N-dealkylation sites (N-methyl/N-ethyl adjacent to an activating group) is 1. The summed E-state index contributed by atoms with van der Waals surface area (Å²) in [6.45, 7) is 15.2. The molecule has 2 heterocycles. The van der Waals surface area contributed by atoms with Gasteiger partial charge in [-0.05, 0) is 48.2 Å². The lowest BCUT2D eigenvalue weighted by atomic mass is 9.98. The molecule has 0 aliphatic carbocycles. The fourth-order valence-electron chi connectivity index (χ4n) is 4.83. The van der Waals surface area contributed by atoms with Crippen LogP contribution in [0.25, 0.3) is 17.1 Å². The quantitative estimate of drug-likeness (QED) is 0.416. The lowest BCUT2D eigenvalue weighted by molar-refractivity contribution is 0.0941. The third-order valence-corrected chi connectivity index (χ3v) is 7.13. The minimum Gasteiger partial charge on any atom is -0.507 e. The zero-order chi connectivity index (χ0) is 27.2. The van der Waals surface area contributed by atoms with Gasteiger partial charge in [-0.2, -0.15) is 0 Å². The molecule has 0 atom stereocenters. The molecule has 0 bridgehead atoms. The van der Waals surface area contributed by atoms with Crippen LogP contribution < -0.4 is 10.1 Å². The summed E-state index contributed by atoms with van der Waals surface area (Å²) >= 11 is 0. The highest BCUT2D eigenvalue weighted by molar-refractivity contribution is 5.92. The van der Waals surface area contributed by atoms with E-state index in [4.69, 9.17) is 4.74 Å². The van der Waals surface area contributed by atoms with Crippen molar-refractivity contribution in [2.75, 3.05) is 46.4 Å². The van der Waals surface area contributed by atoms with Crippen LogP contribution in [0.4, 0.5) is 0 Å². The summed E-state index contributed by atoms with van der Waals surface area (Å²) < 4.78 is 7.22. The first-order chi connectivity index (χ1) is 18.4. The molecule has 9 nitrogen and oxygen atoms in total. The molecule has 9 heteroatoms. The van der Waals surface area contributed by atoms with Gasteiger partial charge in [0, 0.05) is 51.0 Å². The van der Waals surface area contributed by atoms with Gasteiger partial charge in [-0.25, -0.2) is 0 Å². The smallest absolute Gasteiger partial charge is 0.289 e. The van der Waals surface area contributed by atoms with Gasteiger partial charge in [0.2, 0.25) is 5.82 Å². The SMILES string of the molecule is CCCNC(=O)c1nnc(-c2cc(C(C)C)c(OC)cc2O)n1-c1ccc(CN2CCN(CC)CC2)cc1. The van der Waals surface area contributed by atoms with E-state index in [2.05, 4.69) is 58.2 Å². The molecule has 204 valence electrons. The highest BCUT2D eigenvalue weighted by Gasteiger charge is 2.25. The monoisotopic (exact) mass is 520 g/mol. The Hall–Kier alpha value is -3.43. The van der Waals surface area contributed by atoms with Crippen LogP contribution in [0.3, 0.4) is 0 Å². The van der Waals surface area contributed by atoms with Crippen LogP contribution in [-0.2, 0) is 6.54 Å². The number of ether oxygens (including phenoxy) is 1. The van der Waals surface area contributed by atoms with Crippen molar-refractivity contribution >= 4 is 5.91 Å². The van der Waals surface area contributed by atoms with Gasteiger partial charge < -0.3 is 20.1 Å². The second-order valence-electron chi connectivity index (χ2n) is 10.1. The minimum absolute atomic E-state index is 0.0169. The predicted octanol–water partition coefficient (Wildman–Crippen LogP) is 4.05. The van der Waals surface area contributed by atoms with Crippen molar-refractivity contribution in [1.82, 2.24) is 29.9 Å². The zero-order valence-corrected chi connectivity index (χ0v) is 23.2. The average Bonchev–Trinajstić information content (AvgIpc) is 3.37. The maximum Gasteiger partial charge on any atom is 0.289 e. The molecule has 0 saturated carbocycles. The van der Waals surface area contributed by atoms with Gasteiger partial charge in [0.1, 0.15) is 11.5 Å². The van der Waals surface area contributed by atoms with E-state index < -0.39 is 0 Å². The first-order valence-electron chi connectivity index (χ1n) is 13.5. The van der Waals surface area contributed by atoms with Crippen LogP contribution in [0.1, 0.15) is 61.8 Å². The largest absolute Gasteiger partial charge is 0.507 e. The van der Waals surface area contributed by atoms with Crippen molar-refractivity contribution < 1.29 is 14.6 Å². The molecule has 38 heavy (non-hydrogen) atoms. The van der Waals surface area contributed by atoms with Crippen molar-refractivity contribution in [3.63, 3.8) is 0 Å². The summed E-state index contributed by atoms with van der Waals surface area (Å²) in [6, 6.07) is 11.6. The van der Waals surface area contributed by atoms with Crippen LogP contribution in [0.15, 0.2) is 36.4 Å². The van der Waals surface area contributed by atoms with Crippen molar-refractivity contribution in [1.29, 1.82) is 0 Å². The number of aromatic hydroxyl groups is 1. The lowest BCUT2D eigenvalue weighted by Crippen LogP contribution is -2.45. The zero-order valence-electron chi connectivity index (χ0n) is 23.2. The maximum atomic E-state index is 13.1. The Bertz CT molecular complexity index is 1230. The number of nitrogens with zero attached hydrogens (tertiary/aromatic N) is 5. The molecule has 1 saturated heterocycles. The Morgan fingerprint density at radius 1 is 1.05 bits per heavy atom. The number of rotatable bonds is 10. The molecule has 0 radical (unpaired) electrons. The maximum absolute atomic E-state index is 13.1. The first-order valence-corrected chi connectivity index (χ1v) is 13.5. The van der Waals surface area contributed by atoms with Crippen molar-refractivity contribution in [3.8, 4) is 28.6 Å². The number of hydrogen-bond donors (Lipinski definition) is 2. The highest BCUT2D eigenvalue weighted by atomic mass is 16.5. The van der Waals surface area contributed by atoms with Crippen molar-refractivity contribution in [2.45, 2.75) is 46.6 Å². The second kappa shape index (κ2) is 12.4. The van der Waals surface area contributed by atoms with E-state index in [1.54, 1.807) is 17.7 Å². The predicted molar refractivity (Wildman–Crippen MR) is 149 cm³/mol. The lowest BCUT2D eigenvalue weighted by Gasteiger charge is -2.34. The van der Waals surface area contributed by atoms with E-state index in [1.165, 1.54) is 5.56 Å². The van der Waals surface area contributed by atoms with Gasteiger partial charge in [0.05, 0.1) is 12.7 Å². The Morgan fingerprint density at radius 3 is 2.34 bits per heavy atom. The summed E-state index contributed by atoms with van der Waals surface area (Å²) in [7, 11) is 1.59. The van der Waals surface area contributed by atoms with Crippen LogP contribution in [0, 0.1) is 0 Å². The molecule has 1 amide bonds. The van der Waals surface area contributed by atoms with Gasteiger partial charge >= 0.3 is 0 Å². The number of hydrogen-bond acceptors (Lipinski definition) is 7. The summed E-state index contributed by atoms with van der Waals surface area (Å²) in [5, 5.41) is 22.5. The summed E-state index contributed by atoms with van der Waals surface area (Å²) in [5.41, 5.74) is 3.40. The number of amides is 1. The summed E-state index contributed by atoms with van der Waals surface area (Å²) in [5.74, 6) is 1.06. The standard InChI is InChI=1S/C29H40N6O3/c1-6-12-30-29(37)28-32-31-27(24-17-23(20(3)4)26(38-5)18-25(24)36)35(28)22-10-8-21(9-11-22)19-34-15-13-33(7-2)14-16-34/h8-11,17-18,20,36H,6-7,12-16,19H2,1-5H3,(H,30,37). The molecule has 1 fully saturated rings. The van der Waals surface area contributed by atoms with Gasteiger partial charge in [-0.15, -0.1) is 10.2 Å². The topological polar surface area (TPSA) is 95.8 Å². The van der Waals surface area contributed by atoms with Crippen LogP contribution in [0.5, 0.6) is 11.5 Å². The van der Waals surface area contributed by atoms with E-state index >= 15 is 0 Å². The second-order valence-corrected chi connectivity index (χ2v) is 10.1. The number of phenolic OH excluding ortho intramolecular Hbond substituents is 1. The number of aromatic nitrogens is 3. The van der Waals surface area contributed by atoms with E-state index in [1.807, 2.05) is 25.1 Å². The Kier molecular flexibility index (Phi) is 9.01. The Morgan fingerprint density at radius 2 is 1.74 bits per heavy atom. The van der Waals surface area contributed by atoms with Crippen LogP contribution in [-0.4, -0.2) is 82.0 Å². The molecule has 4 rings (SSSR count). The fourth-order valence-corrected chi connectivity index (χ4v) is 4.83. The molecule has 1 aromatic heterocycles. The average molecular weight is 521 g/mol. The normalized spacial score (nSPS) is 14.7. The molecule has 3 aromatic rings. The summed E-state index contributed by atoms with van der Waals surface area (Å²) in [4.78, 5) is 18.0. The molecule has 0 unspecified atom stereocenters. The number of piperazine rings is 1. The van der Waals surface area contributed by atoms with Crippen molar-refractivity contribution in [2.24, 2.45) is 0 Å². The number of benzene rings is 2. The number of nitrogens with one attached hydrogen (secondary N) is 1. The minimum atomic E-state index is -0.305. The fraction of sp³-hybridized carbons (Fsp3) is 0.483. The van der Waals surface area contributed by atoms with Gasteiger partial charge in [0.25, 0.3) is 5.91 Å². The Balaban J connectivity index is 1.71. The van der Waals surface area contributed by atoms with E-state index in [9.17, 15) is 9.90 Å². The number of carbonyl (C=O) groups is 1. The number of phenols is 1. The molecule has 1 aliphatic heterocycles. The third kappa shape index (κ3) is 6.00. The van der Waals surface area contributed by atoms with Crippen LogP contribution in [0.2, 0.25) is 0 Å². The van der Waals surface area contributed by atoms with E-state index in [0.717, 1.165) is 56.9 Å². The van der Waals surface area contributed by atoms with Gasteiger partial charge in [0.15, 0.2) is 5.82 Å². The summed E-state index contributed by atoms with van der Waals surface area (Å²) in [6.07, 6.45) is 0.810. The molecular weight excluding hydrogens is 480 g/mol. The third-order valence-electron chi connectivity index (χ3n) is 7.13. The van der Waals surface area contributed by atoms with E-state index in [-0.39, 0.29) is 23.4 Å². The molecule has 0 spiro atoms. The van der Waals surface area contributed by atoms with Gasteiger partial charge in [-0.1, -0.05) is 39.8 Å². The Labute approximate surface area is 225 Å². The molecular formula is C29H40N6O3. The molecule has 2 N–H and O–H groups in total. The van der Waals surface area contributed by atoms with Crippen molar-refractivity contribution in [3.05, 3.63) is 53.3 Å². The molecule has 2 aromatic carbocycles. The number of methoxy groups -OCH3 is 1. The highest BCUT2D eigenvalue weighted by Crippen LogP contribution is 2.38.